The van der Waals surface area contributed by atoms with Crippen LogP contribution in [-0.4, -0.2) is 24.5 Å². The number of aryl methyl sites for hydroxylation is 3. The van der Waals surface area contributed by atoms with Crippen molar-refractivity contribution >= 4 is 17.0 Å². The van der Waals surface area contributed by atoms with Crippen LogP contribution in [0.15, 0.2) is 47.4 Å². The summed E-state index contributed by atoms with van der Waals surface area (Å²) in [6.07, 6.45) is 1.04. The second kappa shape index (κ2) is 9.41. The third-order valence-corrected chi connectivity index (χ3v) is 6.73. The van der Waals surface area contributed by atoms with Crippen molar-refractivity contribution in [3.05, 3.63) is 81.7 Å². The number of hydrogen-bond donors (Lipinski definition) is 1. The molecule has 1 heterocycles. The largest absolute Gasteiger partial charge is 0.303 e. The minimum atomic E-state index is -2.78. The molecule has 6 heteroatoms. The van der Waals surface area contributed by atoms with Gasteiger partial charge in [-0.25, -0.2) is 8.42 Å². The van der Waals surface area contributed by atoms with Gasteiger partial charge in [0, 0.05) is 23.4 Å². The molecule has 0 N–H and O–H groups in total. The number of nitrogens with zero attached hydrogens (tertiary/aromatic N) is 2. The van der Waals surface area contributed by atoms with Crippen molar-refractivity contribution in [3.8, 4) is 0 Å². The lowest BCUT2D eigenvalue weighted by Gasteiger charge is -2.20. The molecule has 0 radical (unpaired) electrons. The van der Waals surface area contributed by atoms with E-state index in [9.17, 15) is 13.2 Å². The summed E-state index contributed by atoms with van der Waals surface area (Å²) in [5.41, 5.74) is 7.00. The van der Waals surface area contributed by atoms with Crippen molar-refractivity contribution in [2.24, 2.45) is 0 Å². The predicted molar refractivity (Wildman–Crippen MR) is 128 cm³/mol. The summed E-state index contributed by atoms with van der Waals surface area (Å²) in [7, 11) is -2.78. The van der Waals surface area contributed by atoms with Gasteiger partial charge in [0.2, 0.25) is 0 Å². The quantitative estimate of drug-likeness (QED) is 0.411. The van der Waals surface area contributed by atoms with E-state index in [2.05, 4.69) is 53.7 Å². The van der Waals surface area contributed by atoms with Crippen LogP contribution >= 0.6 is 0 Å². The van der Waals surface area contributed by atoms with Gasteiger partial charge >= 0.3 is 0 Å². The Labute approximate surface area is 192 Å². The van der Waals surface area contributed by atoms with Crippen LogP contribution < -0.4 is 0 Å². The Bertz CT molecular complexity index is 1190. The van der Waals surface area contributed by atoms with Crippen LogP contribution in [-0.2, 0) is 27.5 Å². The first-order valence-electron chi connectivity index (χ1n) is 10.8. The molecule has 0 aliphatic carbocycles. The second-order valence-electron chi connectivity index (χ2n) is 9.51. The maximum Gasteiger partial charge on any atom is 0.168 e. The van der Waals surface area contributed by atoms with Gasteiger partial charge in [0.05, 0.1) is 17.1 Å². The fraction of sp³-hybridized carbons (Fsp3) is 0.385. The third-order valence-electron chi connectivity index (χ3n) is 5.93. The second-order valence-corrected chi connectivity index (χ2v) is 10.5. The van der Waals surface area contributed by atoms with Crippen molar-refractivity contribution in [1.29, 1.82) is 0 Å². The summed E-state index contributed by atoms with van der Waals surface area (Å²) in [5.74, 6) is -0.397. The summed E-state index contributed by atoms with van der Waals surface area (Å²) in [4.78, 5) is 11.9. The summed E-state index contributed by atoms with van der Waals surface area (Å²) in [6.45, 7) is 13.1. The average molecular weight is 453 g/mol. The van der Waals surface area contributed by atoms with E-state index in [1.165, 1.54) is 22.3 Å². The van der Waals surface area contributed by atoms with Gasteiger partial charge in [-0.2, -0.15) is 5.10 Å². The Balaban J connectivity index is 2.22. The summed E-state index contributed by atoms with van der Waals surface area (Å²) < 4.78 is 25.9. The van der Waals surface area contributed by atoms with Gasteiger partial charge in [0.25, 0.3) is 0 Å². The number of benzene rings is 2. The molecular formula is C26H32N2O3S. The minimum absolute atomic E-state index is 0.182. The average Bonchev–Trinajstić information content (AvgIpc) is 3.13. The molecule has 1 unspecified atom stereocenters. The number of carbonyl (C=O) groups excluding carboxylic acids is 1. The highest BCUT2D eigenvalue weighted by atomic mass is 32.2. The van der Waals surface area contributed by atoms with Gasteiger partial charge in [-0.1, -0.05) is 56.7 Å². The van der Waals surface area contributed by atoms with Gasteiger partial charge in [0.15, 0.2) is 10.7 Å². The molecule has 170 valence electrons. The Kier molecular flexibility index (Phi) is 7.03. The van der Waals surface area contributed by atoms with E-state index in [0.717, 1.165) is 17.7 Å². The molecule has 0 saturated carbocycles. The first-order chi connectivity index (χ1) is 15.0. The van der Waals surface area contributed by atoms with Crippen LogP contribution in [0.2, 0.25) is 0 Å². The Morgan fingerprint density at radius 3 is 2.22 bits per heavy atom. The molecule has 32 heavy (non-hydrogen) atoms. The number of hydrogen-bond acceptors (Lipinski definition) is 4. The maximum absolute atomic E-state index is 11.9. The number of aldehydes is 1. The van der Waals surface area contributed by atoms with E-state index in [1.54, 1.807) is 18.2 Å². The van der Waals surface area contributed by atoms with Crippen molar-refractivity contribution in [2.45, 2.75) is 70.7 Å². The Hall–Kier alpha value is -2.73. The molecule has 0 spiro atoms. The van der Waals surface area contributed by atoms with E-state index < -0.39 is 16.6 Å². The predicted octanol–water partition coefficient (Wildman–Crippen LogP) is 4.85. The van der Waals surface area contributed by atoms with Gasteiger partial charge in [-0.05, 0) is 55.2 Å². The summed E-state index contributed by atoms with van der Waals surface area (Å²) in [6, 6.07) is 13.3. The normalized spacial score (nSPS) is 12.8. The van der Waals surface area contributed by atoms with Crippen LogP contribution in [0.25, 0.3) is 0 Å². The molecule has 5 nitrogen and oxygen atoms in total. The zero-order chi connectivity index (χ0) is 23.6. The highest BCUT2D eigenvalue weighted by Gasteiger charge is 2.27. The van der Waals surface area contributed by atoms with E-state index >= 15 is 0 Å². The van der Waals surface area contributed by atoms with Crippen LogP contribution in [0.5, 0.6) is 0 Å². The molecule has 0 fully saturated rings. The van der Waals surface area contributed by atoms with Gasteiger partial charge in [-0.15, -0.1) is 0 Å². The van der Waals surface area contributed by atoms with Crippen LogP contribution in [0.3, 0.4) is 0 Å². The molecule has 1 aromatic heterocycles. The van der Waals surface area contributed by atoms with Crippen molar-refractivity contribution < 1.29 is 13.2 Å². The van der Waals surface area contributed by atoms with Crippen LogP contribution in [0.4, 0.5) is 0 Å². The molecule has 0 aliphatic heterocycles. The Morgan fingerprint density at radius 2 is 1.66 bits per heavy atom. The lowest BCUT2D eigenvalue weighted by atomic mass is 9.88. The van der Waals surface area contributed by atoms with E-state index in [-0.39, 0.29) is 16.7 Å². The van der Waals surface area contributed by atoms with Crippen molar-refractivity contribution in [2.75, 3.05) is 0 Å². The molecule has 0 amide bonds. The highest BCUT2D eigenvalue weighted by Crippen LogP contribution is 2.34. The molecule has 0 bridgehead atoms. The van der Waals surface area contributed by atoms with E-state index in [1.807, 2.05) is 16.8 Å². The SMILES string of the molecule is Cc1cc(C)c(Cn2nc(C(C)(C)C)cc2C(CC=O)c2ccccc2[SH](=O)=O)c(C)c1. The van der Waals surface area contributed by atoms with Gasteiger partial charge in [0.1, 0.15) is 6.29 Å². The van der Waals surface area contributed by atoms with E-state index in [4.69, 9.17) is 5.10 Å². The standard InChI is InChI=1S/C26H32N2O3S/c1-17-13-18(2)22(19(3)14-17)16-28-23(15-25(27-28)26(4,5)6)20(11-12-29)21-9-7-8-10-24(21)32(30)31/h7-10,12-15,20,32H,11,16H2,1-6H3. The van der Waals surface area contributed by atoms with Crippen molar-refractivity contribution in [3.63, 3.8) is 0 Å². The lowest BCUT2D eigenvalue weighted by Crippen LogP contribution is -2.16. The minimum Gasteiger partial charge on any atom is -0.303 e. The van der Waals surface area contributed by atoms with Crippen molar-refractivity contribution in [1.82, 2.24) is 9.78 Å². The van der Waals surface area contributed by atoms with Crippen LogP contribution in [0.1, 0.15) is 72.3 Å². The Morgan fingerprint density at radius 1 is 1.03 bits per heavy atom. The summed E-state index contributed by atoms with van der Waals surface area (Å²) in [5, 5.41) is 4.93. The highest BCUT2D eigenvalue weighted by molar-refractivity contribution is 7.72. The summed E-state index contributed by atoms with van der Waals surface area (Å²) >= 11 is 0. The lowest BCUT2D eigenvalue weighted by molar-refractivity contribution is -0.108. The monoisotopic (exact) mass is 452 g/mol. The van der Waals surface area contributed by atoms with Gasteiger partial charge < -0.3 is 4.79 Å². The molecular weight excluding hydrogens is 420 g/mol. The molecule has 3 aromatic rings. The third kappa shape index (κ3) is 5.01. The number of rotatable bonds is 7. The van der Waals surface area contributed by atoms with Crippen LogP contribution in [0, 0.1) is 20.8 Å². The topological polar surface area (TPSA) is 69.0 Å². The molecule has 2 aromatic carbocycles. The number of carbonyl (C=O) groups is 1. The first-order valence-corrected chi connectivity index (χ1v) is 12.0. The number of thiol groups is 1. The first kappa shape index (κ1) is 23.9. The van der Waals surface area contributed by atoms with E-state index in [0.29, 0.717) is 12.1 Å². The number of aromatic nitrogens is 2. The fourth-order valence-corrected chi connectivity index (χ4v) is 4.91. The molecule has 3 rings (SSSR count). The zero-order valence-electron chi connectivity index (χ0n) is 19.7. The maximum atomic E-state index is 11.9. The van der Waals surface area contributed by atoms with Gasteiger partial charge in [-0.3, -0.25) is 4.68 Å². The molecule has 1 atom stereocenters. The zero-order valence-corrected chi connectivity index (χ0v) is 20.6. The molecule has 0 aliphatic rings. The smallest absolute Gasteiger partial charge is 0.168 e. The molecule has 0 saturated heterocycles. The fourth-order valence-electron chi connectivity index (χ4n) is 4.27.